The van der Waals surface area contributed by atoms with Crippen LogP contribution in [0.2, 0.25) is 0 Å². The summed E-state index contributed by atoms with van der Waals surface area (Å²) in [5.41, 5.74) is 1.78. The van der Waals surface area contributed by atoms with Crippen molar-refractivity contribution in [3.8, 4) is 0 Å². The molecule has 2 aromatic rings. The summed E-state index contributed by atoms with van der Waals surface area (Å²) in [6.45, 7) is 4.66. The third kappa shape index (κ3) is 1.52. The second-order valence-electron chi connectivity index (χ2n) is 4.69. The molecule has 4 nitrogen and oxygen atoms in total. The number of nitrogens with one attached hydrogen (secondary N) is 1. The summed E-state index contributed by atoms with van der Waals surface area (Å²) in [5.74, 6) is 0. The summed E-state index contributed by atoms with van der Waals surface area (Å²) in [6.07, 6.45) is 5.51. The third-order valence-corrected chi connectivity index (χ3v) is 2.77. The van der Waals surface area contributed by atoms with Crippen molar-refractivity contribution in [3.05, 3.63) is 24.7 Å². The SMILES string of the molecule is CC1(C)COB(c2cncc3[nH]ccc23)O1. The third-order valence-electron chi connectivity index (χ3n) is 2.77. The smallest absolute Gasteiger partial charge is 0.404 e. The van der Waals surface area contributed by atoms with Crippen LogP contribution < -0.4 is 5.46 Å². The number of H-pyrrole nitrogens is 1. The highest BCUT2D eigenvalue weighted by molar-refractivity contribution is 6.64. The number of aromatic amines is 1. The average molecular weight is 216 g/mol. The number of hydrogen-bond donors (Lipinski definition) is 1. The average Bonchev–Trinajstić information content (AvgIpc) is 2.83. The summed E-state index contributed by atoms with van der Waals surface area (Å²) in [5, 5.41) is 1.11. The molecular weight excluding hydrogens is 203 g/mol. The van der Waals surface area contributed by atoms with E-state index >= 15 is 0 Å². The van der Waals surface area contributed by atoms with Gasteiger partial charge in [0.05, 0.1) is 23.9 Å². The van der Waals surface area contributed by atoms with Gasteiger partial charge in [-0.05, 0) is 19.9 Å². The fraction of sp³-hybridized carbons (Fsp3) is 0.364. The monoisotopic (exact) mass is 216 g/mol. The van der Waals surface area contributed by atoms with Crippen LogP contribution in [0.3, 0.4) is 0 Å². The second-order valence-corrected chi connectivity index (χ2v) is 4.69. The number of fused-ring (bicyclic) bond motifs is 1. The Morgan fingerprint density at radius 3 is 3.06 bits per heavy atom. The van der Waals surface area contributed by atoms with Gasteiger partial charge >= 0.3 is 7.12 Å². The molecule has 16 heavy (non-hydrogen) atoms. The van der Waals surface area contributed by atoms with Gasteiger partial charge in [-0.1, -0.05) is 0 Å². The Labute approximate surface area is 94.1 Å². The van der Waals surface area contributed by atoms with E-state index in [0.29, 0.717) is 6.61 Å². The van der Waals surface area contributed by atoms with Crippen molar-refractivity contribution in [2.75, 3.05) is 6.61 Å². The van der Waals surface area contributed by atoms with E-state index in [9.17, 15) is 0 Å². The fourth-order valence-electron chi connectivity index (χ4n) is 1.98. The first-order valence-corrected chi connectivity index (χ1v) is 5.36. The summed E-state index contributed by atoms with van der Waals surface area (Å²) >= 11 is 0. The molecule has 0 radical (unpaired) electrons. The van der Waals surface area contributed by atoms with Gasteiger partial charge < -0.3 is 14.3 Å². The minimum Gasteiger partial charge on any atom is -0.404 e. The van der Waals surface area contributed by atoms with Crippen LogP contribution >= 0.6 is 0 Å². The maximum atomic E-state index is 5.84. The highest BCUT2D eigenvalue weighted by Gasteiger charge is 2.39. The topological polar surface area (TPSA) is 47.1 Å². The fourth-order valence-corrected chi connectivity index (χ4v) is 1.98. The van der Waals surface area contributed by atoms with Gasteiger partial charge in [-0.25, -0.2) is 0 Å². The van der Waals surface area contributed by atoms with Crippen molar-refractivity contribution in [3.63, 3.8) is 0 Å². The molecule has 0 amide bonds. The molecule has 0 saturated carbocycles. The molecule has 5 heteroatoms. The van der Waals surface area contributed by atoms with Gasteiger partial charge in [-0.2, -0.15) is 0 Å². The van der Waals surface area contributed by atoms with Crippen molar-refractivity contribution in [1.29, 1.82) is 0 Å². The van der Waals surface area contributed by atoms with Crippen LogP contribution in [0.4, 0.5) is 0 Å². The molecule has 1 aliphatic heterocycles. The minimum atomic E-state index is -0.304. The van der Waals surface area contributed by atoms with Crippen LogP contribution in [-0.4, -0.2) is 29.3 Å². The molecule has 0 unspecified atom stereocenters. The zero-order valence-electron chi connectivity index (χ0n) is 9.36. The lowest BCUT2D eigenvalue weighted by Gasteiger charge is -2.15. The van der Waals surface area contributed by atoms with Crippen molar-refractivity contribution in [2.45, 2.75) is 19.4 Å². The van der Waals surface area contributed by atoms with Crippen LogP contribution in [0.1, 0.15) is 13.8 Å². The Hall–Kier alpha value is -1.33. The highest BCUT2D eigenvalue weighted by Crippen LogP contribution is 2.21. The van der Waals surface area contributed by atoms with Gasteiger partial charge in [-0.3, -0.25) is 4.98 Å². The lowest BCUT2D eigenvalue weighted by atomic mass is 9.78. The molecule has 3 rings (SSSR count). The molecule has 1 N–H and O–H groups in total. The molecule has 0 aliphatic carbocycles. The first-order chi connectivity index (χ1) is 7.66. The van der Waals surface area contributed by atoms with Crippen molar-refractivity contribution < 1.29 is 9.31 Å². The van der Waals surface area contributed by atoms with Gasteiger partial charge in [0.2, 0.25) is 0 Å². The molecule has 0 bridgehead atoms. The van der Waals surface area contributed by atoms with Gasteiger partial charge in [0.15, 0.2) is 0 Å². The van der Waals surface area contributed by atoms with E-state index in [4.69, 9.17) is 9.31 Å². The van der Waals surface area contributed by atoms with E-state index in [-0.39, 0.29) is 12.7 Å². The van der Waals surface area contributed by atoms with Gasteiger partial charge in [-0.15, -0.1) is 0 Å². The molecule has 0 aromatic carbocycles. The summed E-state index contributed by atoms with van der Waals surface area (Å²) < 4.78 is 11.5. The molecule has 1 fully saturated rings. The van der Waals surface area contributed by atoms with Crippen LogP contribution in [-0.2, 0) is 9.31 Å². The molecule has 0 spiro atoms. The Bertz CT molecular complexity index is 523. The lowest BCUT2D eigenvalue weighted by Crippen LogP contribution is -2.35. The van der Waals surface area contributed by atoms with Crippen LogP contribution in [0.25, 0.3) is 10.9 Å². The maximum Gasteiger partial charge on any atom is 0.496 e. The van der Waals surface area contributed by atoms with Crippen LogP contribution in [0.15, 0.2) is 24.7 Å². The number of hydrogen-bond acceptors (Lipinski definition) is 3. The van der Waals surface area contributed by atoms with Crippen molar-refractivity contribution >= 4 is 23.5 Å². The predicted molar refractivity (Wildman–Crippen MR) is 62.6 cm³/mol. The van der Waals surface area contributed by atoms with Gasteiger partial charge in [0.1, 0.15) is 0 Å². The Morgan fingerprint density at radius 1 is 1.44 bits per heavy atom. The molecule has 2 aromatic heterocycles. The Balaban J connectivity index is 2.03. The molecule has 82 valence electrons. The minimum absolute atomic E-state index is 0.219. The summed E-state index contributed by atoms with van der Waals surface area (Å²) in [6, 6.07) is 2.02. The van der Waals surface area contributed by atoms with E-state index < -0.39 is 0 Å². The number of nitrogens with zero attached hydrogens (tertiary/aromatic N) is 1. The van der Waals surface area contributed by atoms with E-state index in [1.54, 1.807) is 6.20 Å². The van der Waals surface area contributed by atoms with Crippen LogP contribution in [0.5, 0.6) is 0 Å². The molecule has 1 saturated heterocycles. The van der Waals surface area contributed by atoms with Gasteiger partial charge in [0, 0.05) is 23.2 Å². The Kier molecular flexibility index (Phi) is 2.06. The second kappa shape index (κ2) is 3.33. The predicted octanol–water partition coefficient (Wildman–Crippen LogP) is 1.08. The quantitative estimate of drug-likeness (QED) is 0.725. The highest BCUT2D eigenvalue weighted by atomic mass is 16.7. The number of pyridine rings is 1. The van der Waals surface area contributed by atoms with Gasteiger partial charge in [0.25, 0.3) is 0 Å². The zero-order valence-corrected chi connectivity index (χ0v) is 9.36. The lowest BCUT2D eigenvalue weighted by molar-refractivity contribution is 0.137. The molecule has 3 heterocycles. The Morgan fingerprint density at radius 2 is 2.31 bits per heavy atom. The van der Waals surface area contributed by atoms with Crippen molar-refractivity contribution in [1.82, 2.24) is 9.97 Å². The molecule has 1 aliphatic rings. The van der Waals surface area contributed by atoms with E-state index in [1.165, 1.54) is 0 Å². The molecular formula is C11H13BN2O2. The first kappa shape index (κ1) is 9.87. The maximum absolute atomic E-state index is 5.84. The normalized spacial score (nSPS) is 19.5. The number of rotatable bonds is 1. The molecule has 0 atom stereocenters. The van der Waals surface area contributed by atoms with E-state index in [1.807, 2.05) is 32.3 Å². The van der Waals surface area contributed by atoms with Crippen molar-refractivity contribution in [2.24, 2.45) is 0 Å². The largest absolute Gasteiger partial charge is 0.496 e. The standard InChI is InChI=1S/C11H13BN2O2/c1-11(2)7-15-12(16-11)9-5-13-6-10-8(9)3-4-14-10/h3-6,14H,7H2,1-2H3. The van der Waals surface area contributed by atoms with Crippen LogP contribution in [0, 0.1) is 0 Å². The van der Waals surface area contributed by atoms with E-state index in [0.717, 1.165) is 16.4 Å². The van der Waals surface area contributed by atoms with E-state index in [2.05, 4.69) is 9.97 Å². The zero-order chi connectivity index (χ0) is 11.2. The summed E-state index contributed by atoms with van der Waals surface area (Å²) in [4.78, 5) is 7.32. The first-order valence-electron chi connectivity index (χ1n) is 5.36. The number of aromatic nitrogens is 2. The summed E-state index contributed by atoms with van der Waals surface area (Å²) in [7, 11) is -0.304.